The Morgan fingerprint density at radius 3 is 2.59 bits per heavy atom. The lowest BCUT2D eigenvalue weighted by atomic mass is 9.67. The van der Waals surface area contributed by atoms with Crippen LogP contribution in [0, 0.1) is 5.41 Å². The van der Waals surface area contributed by atoms with Gasteiger partial charge in [-0.3, -0.25) is 14.5 Å². The normalized spacial score (nSPS) is 29.9. The summed E-state index contributed by atoms with van der Waals surface area (Å²) in [5.41, 5.74) is 2.52. The van der Waals surface area contributed by atoms with Gasteiger partial charge in [-0.15, -0.1) is 0 Å². The topological polar surface area (TPSA) is 76.1 Å². The molecule has 27 heavy (non-hydrogen) atoms. The Balaban J connectivity index is 1.50. The van der Waals surface area contributed by atoms with E-state index in [4.69, 9.17) is 9.47 Å². The summed E-state index contributed by atoms with van der Waals surface area (Å²) in [5, 5.41) is 10.9. The van der Waals surface area contributed by atoms with E-state index in [1.54, 1.807) is 6.92 Å². The van der Waals surface area contributed by atoms with E-state index in [0.717, 1.165) is 48.2 Å². The lowest BCUT2D eigenvalue weighted by Crippen LogP contribution is -2.49. The Labute approximate surface area is 159 Å². The SMILES string of the molecule is CC1=C(COC(=O)CN2CCOCC2)C2=C(C)C3(CC3)[C@@](C)(O)C(=O)C2=C1. The summed E-state index contributed by atoms with van der Waals surface area (Å²) in [6.45, 7) is 8.74. The van der Waals surface area contributed by atoms with E-state index < -0.39 is 11.0 Å². The van der Waals surface area contributed by atoms with E-state index in [2.05, 4.69) is 0 Å². The molecule has 4 aliphatic rings. The fourth-order valence-corrected chi connectivity index (χ4v) is 4.74. The zero-order chi connectivity index (χ0) is 19.4. The van der Waals surface area contributed by atoms with Crippen LogP contribution in [0.4, 0.5) is 0 Å². The number of esters is 1. The highest BCUT2D eigenvalue weighted by molar-refractivity contribution is 6.10. The number of morpholine rings is 1. The van der Waals surface area contributed by atoms with Gasteiger partial charge in [0.2, 0.25) is 0 Å². The van der Waals surface area contributed by atoms with E-state index in [-0.39, 0.29) is 24.9 Å². The second-order valence-corrected chi connectivity index (χ2v) is 8.25. The molecule has 2 fully saturated rings. The van der Waals surface area contributed by atoms with Crippen molar-refractivity contribution in [3.63, 3.8) is 0 Å². The van der Waals surface area contributed by atoms with Crippen LogP contribution >= 0.6 is 0 Å². The van der Waals surface area contributed by atoms with Gasteiger partial charge in [0.1, 0.15) is 12.2 Å². The van der Waals surface area contributed by atoms with Crippen LogP contribution in [0.5, 0.6) is 0 Å². The zero-order valence-electron chi connectivity index (χ0n) is 16.3. The first-order valence-corrected chi connectivity index (χ1v) is 9.64. The van der Waals surface area contributed by atoms with Gasteiger partial charge in [-0.05, 0) is 50.8 Å². The molecule has 0 aromatic heterocycles. The molecule has 1 atom stereocenters. The van der Waals surface area contributed by atoms with Crippen molar-refractivity contribution in [3.05, 3.63) is 33.9 Å². The first-order chi connectivity index (χ1) is 12.8. The van der Waals surface area contributed by atoms with Crippen LogP contribution in [0.2, 0.25) is 0 Å². The summed E-state index contributed by atoms with van der Waals surface area (Å²) in [4.78, 5) is 27.2. The monoisotopic (exact) mass is 373 g/mol. The van der Waals surface area contributed by atoms with Gasteiger partial charge in [0.05, 0.1) is 19.8 Å². The fourth-order valence-electron chi connectivity index (χ4n) is 4.74. The Bertz CT molecular complexity index is 791. The highest BCUT2D eigenvalue weighted by Gasteiger charge is 2.65. The van der Waals surface area contributed by atoms with E-state index in [1.807, 2.05) is 24.8 Å². The largest absolute Gasteiger partial charge is 0.460 e. The molecule has 0 aromatic carbocycles. The smallest absolute Gasteiger partial charge is 0.320 e. The maximum atomic E-state index is 12.9. The third kappa shape index (κ3) is 2.82. The molecule has 4 rings (SSSR count). The summed E-state index contributed by atoms with van der Waals surface area (Å²) in [5.74, 6) is -0.478. The van der Waals surface area contributed by atoms with Gasteiger partial charge in [0.15, 0.2) is 5.78 Å². The Hall–Kier alpha value is -1.76. The third-order valence-electron chi connectivity index (χ3n) is 6.70. The lowest BCUT2D eigenvalue weighted by Gasteiger charge is -2.39. The number of allylic oxidation sites excluding steroid dienone is 2. The van der Waals surface area contributed by atoms with Crippen molar-refractivity contribution in [2.45, 2.75) is 39.2 Å². The van der Waals surface area contributed by atoms with Crippen molar-refractivity contribution in [2.24, 2.45) is 5.41 Å². The highest BCUT2D eigenvalue weighted by Crippen LogP contribution is 2.64. The first-order valence-electron chi connectivity index (χ1n) is 9.64. The number of hydrogen-bond acceptors (Lipinski definition) is 6. The van der Waals surface area contributed by atoms with Crippen molar-refractivity contribution < 1.29 is 24.2 Å². The van der Waals surface area contributed by atoms with Crippen LogP contribution in [0.1, 0.15) is 33.6 Å². The summed E-state index contributed by atoms with van der Waals surface area (Å²) in [7, 11) is 0. The Kier molecular flexibility index (Phi) is 4.41. The van der Waals surface area contributed by atoms with Crippen LogP contribution < -0.4 is 0 Å². The molecule has 0 amide bonds. The van der Waals surface area contributed by atoms with Gasteiger partial charge in [-0.1, -0.05) is 5.57 Å². The highest BCUT2D eigenvalue weighted by atomic mass is 16.5. The molecule has 1 aliphatic heterocycles. The molecule has 1 saturated carbocycles. The van der Waals surface area contributed by atoms with Gasteiger partial charge in [0.25, 0.3) is 0 Å². The molecule has 146 valence electrons. The maximum absolute atomic E-state index is 12.9. The lowest BCUT2D eigenvalue weighted by molar-refractivity contribution is -0.144. The maximum Gasteiger partial charge on any atom is 0.320 e. The van der Waals surface area contributed by atoms with Crippen molar-refractivity contribution >= 4 is 11.8 Å². The van der Waals surface area contributed by atoms with Crippen LogP contribution in [0.15, 0.2) is 33.9 Å². The molecular weight excluding hydrogens is 346 g/mol. The predicted molar refractivity (Wildman–Crippen MR) is 99.0 cm³/mol. The number of ketones is 1. The van der Waals surface area contributed by atoms with Crippen molar-refractivity contribution in [2.75, 3.05) is 39.5 Å². The van der Waals surface area contributed by atoms with Crippen molar-refractivity contribution in [1.82, 2.24) is 4.90 Å². The zero-order valence-corrected chi connectivity index (χ0v) is 16.3. The summed E-state index contributed by atoms with van der Waals surface area (Å²) in [6.07, 6.45) is 3.46. The molecule has 0 radical (unpaired) electrons. The number of carbonyl (C=O) groups excluding carboxylic acids is 2. The molecular formula is C21H27NO5. The molecule has 3 aliphatic carbocycles. The minimum absolute atomic E-state index is 0.160. The molecule has 0 unspecified atom stereocenters. The number of hydrogen-bond donors (Lipinski definition) is 1. The van der Waals surface area contributed by atoms with E-state index >= 15 is 0 Å². The van der Waals surface area contributed by atoms with E-state index in [1.165, 1.54) is 0 Å². The Morgan fingerprint density at radius 2 is 1.96 bits per heavy atom. The number of carbonyl (C=O) groups is 2. The Morgan fingerprint density at radius 1 is 1.30 bits per heavy atom. The molecule has 1 N–H and O–H groups in total. The van der Waals surface area contributed by atoms with Gasteiger partial charge in [-0.25, -0.2) is 0 Å². The van der Waals surface area contributed by atoms with Crippen molar-refractivity contribution in [3.8, 4) is 0 Å². The van der Waals surface area contributed by atoms with E-state index in [0.29, 0.717) is 18.8 Å². The molecule has 1 heterocycles. The van der Waals surface area contributed by atoms with Crippen LogP contribution in [-0.4, -0.2) is 66.8 Å². The number of rotatable bonds is 4. The first kappa shape index (κ1) is 18.6. The van der Waals surface area contributed by atoms with Gasteiger partial charge in [0, 0.05) is 29.7 Å². The second kappa shape index (κ2) is 6.40. The fraction of sp³-hybridized carbons (Fsp3) is 0.619. The summed E-state index contributed by atoms with van der Waals surface area (Å²) >= 11 is 0. The van der Waals surface area contributed by atoms with Gasteiger partial charge < -0.3 is 14.6 Å². The number of fused-ring (bicyclic) bond motifs is 1. The average molecular weight is 373 g/mol. The van der Waals surface area contributed by atoms with Gasteiger partial charge in [-0.2, -0.15) is 0 Å². The number of ether oxygens (including phenoxy) is 2. The molecule has 6 nitrogen and oxygen atoms in total. The molecule has 1 spiro atoms. The number of Topliss-reactive ketones (excluding diaryl/α,β-unsaturated/α-hetero) is 1. The van der Waals surface area contributed by atoms with Gasteiger partial charge >= 0.3 is 5.97 Å². The minimum Gasteiger partial charge on any atom is -0.460 e. The predicted octanol–water partition coefficient (Wildman–Crippen LogP) is 1.55. The quantitative estimate of drug-likeness (QED) is 0.754. The standard InChI is InChI=1S/C21H27NO5/c1-13-10-15-18(14(2)21(4-5-21)20(3,25)19(15)24)16(13)12-27-17(23)11-22-6-8-26-9-7-22/h10,25H,4-9,11-12H2,1-3H3/t20-/m0/s1. The number of nitrogens with zero attached hydrogens (tertiary/aromatic N) is 1. The average Bonchev–Trinajstić information content (AvgIpc) is 3.38. The summed E-state index contributed by atoms with van der Waals surface area (Å²) < 4.78 is 10.8. The molecule has 0 bridgehead atoms. The van der Waals surface area contributed by atoms with E-state index in [9.17, 15) is 14.7 Å². The van der Waals surface area contributed by atoms with Crippen LogP contribution in [0.25, 0.3) is 0 Å². The second-order valence-electron chi connectivity index (χ2n) is 8.25. The van der Waals surface area contributed by atoms with Crippen molar-refractivity contribution in [1.29, 1.82) is 0 Å². The summed E-state index contributed by atoms with van der Waals surface area (Å²) in [6, 6.07) is 0. The molecule has 6 heteroatoms. The number of aliphatic hydroxyl groups is 1. The van der Waals surface area contributed by atoms with Crippen LogP contribution in [-0.2, 0) is 19.1 Å². The third-order valence-corrected chi connectivity index (χ3v) is 6.70. The molecule has 0 aromatic rings. The molecule has 1 saturated heterocycles. The van der Waals surface area contributed by atoms with Crippen LogP contribution in [0.3, 0.4) is 0 Å². The minimum atomic E-state index is -1.35.